The van der Waals surface area contributed by atoms with Gasteiger partial charge in [-0.25, -0.2) is 0 Å². The summed E-state index contributed by atoms with van der Waals surface area (Å²) in [5.74, 6) is 0. The zero-order valence-corrected chi connectivity index (χ0v) is 8.38. The molecule has 0 aliphatic carbocycles. The van der Waals surface area contributed by atoms with Crippen molar-refractivity contribution in [2.75, 3.05) is 0 Å². The Bertz CT molecular complexity index is 336. The van der Waals surface area contributed by atoms with Crippen LogP contribution in [0.25, 0.3) is 0 Å². The van der Waals surface area contributed by atoms with Gasteiger partial charge in [0.05, 0.1) is 9.40 Å². The van der Waals surface area contributed by atoms with Crippen molar-refractivity contribution in [3.8, 4) is 0 Å². The smallest absolute Gasteiger partial charge is 0.258 e. The van der Waals surface area contributed by atoms with Crippen LogP contribution in [0.3, 0.4) is 0 Å². The molecule has 1 aromatic carbocycles. The molecule has 0 heterocycles. The van der Waals surface area contributed by atoms with Crippen molar-refractivity contribution in [1.29, 1.82) is 0 Å². The van der Waals surface area contributed by atoms with E-state index in [2.05, 4.69) is 15.9 Å². The summed E-state index contributed by atoms with van der Waals surface area (Å²) in [5, 5.41) is 10.6. The minimum atomic E-state index is -0.369. The van der Waals surface area contributed by atoms with Gasteiger partial charge < -0.3 is 0 Å². The van der Waals surface area contributed by atoms with E-state index in [1.807, 2.05) is 13.0 Å². The molecule has 64 valence electrons. The zero-order chi connectivity index (χ0) is 9.30. The third-order valence-electron chi connectivity index (χ3n) is 1.84. The molecule has 1 rings (SSSR count). The Labute approximate surface area is 78.7 Å². The van der Waals surface area contributed by atoms with Crippen LogP contribution in [0, 0.1) is 24.0 Å². The van der Waals surface area contributed by atoms with E-state index in [1.165, 1.54) is 0 Å². The van der Waals surface area contributed by atoms with E-state index < -0.39 is 0 Å². The highest BCUT2D eigenvalue weighted by Crippen LogP contribution is 2.29. The van der Waals surface area contributed by atoms with Crippen molar-refractivity contribution in [2.24, 2.45) is 0 Å². The number of nitrogens with zero attached hydrogens (tertiary/aromatic N) is 1. The standard InChI is InChI=1S/C8H8BrNO2/c1-5-3-4-7(9)8(6(5)2)10(11)12/h3-4H,1-2H3. The average Bonchev–Trinajstić information content (AvgIpc) is 1.97. The minimum Gasteiger partial charge on any atom is -0.258 e. The van der Waals surface area contributed by atoms with Crippen LogP contribution >= 0.6 is 15.9 Å². The molecule has 0 spiro atoms. The van der Waals surface area contributed by atoms with Gasteiger partial charge in [0.2, 0.25) is 0 Å². The Kier molecular flexibility index (Phi) is 2.47. The summed E-state index contributed by atoms with van der Waals surface area (Å²) in [6.07, 6.45) is 0. The second kappa shape index (κ2) is 3.23. The van der Waals surface area contributed by atoms with Crippen LogP contribution in [0.4, 0.5) is 5.69 Å². The normalized spacial score (nSPS) is 9.92. The van der Waals surface area contributed by atoms with Gasteiger partial charge >= 0.3 is 0 Å². The van der Waals surface area contributed by atoms with E-state index >= 15 is 0 Å². The summed E-state index contributed by atoms with van der Waals surface area (Å²) in [6.45, 7) is 3.60. The monoisotopic (exact) mass is 229 g/mol. The van der Waals surface area contributed by atoms with E-state index in [1.54, 1.807) is 13.0 Å². The first-order valence-corrected chi connectivity index (χ1v) is 4.23. The molecule has 0 aliphatic rings. The van der Waals surface area contributed by atoms with Gasteiger partial charge in [-0.05, 0) is 41.4 Å². The SMILES string of the molecule is Cc1ccc(Br)c([N+](=O)[O-])c1C. The molecule has 1 aromatic rings. The van der Waals surface area contributed by atoms with E-state index in [0.717, 1.165) is 11.1 Å². The largest absolute Gasteiger partial charge is 0.286 e. The van der Waals surface area contributed by atoms with Gasteiger partial charge in [-0.1, -0.05) is 6.07 Å². The lowest BCUT2D eigenvalue weighted by molar-refractivity contribution is -0.386. The van der Waals surface area contributed by atoms with Crippen LogP contribution in [0.2, 0.25) is 0 Å². The molecular weight excluding hydrogens is 222 g/mol. The highest BCUT2D eigenvalue weighted by Gasteiger charge is 2.16. The number of rotatable bonds is 1. The predicted molar refractivity (Wildman–Crippen MR) is 50.3 cm³/mol. The van der Waals surface area contributed by atoms with Crippen molar-refractivity contribution in [1.82, 2.24) is 0 Å². The Morgan fingerprint density at radius 1 is 1.42 bits per heavy atom. The van der Waals surface area contributed by atoms with Crippen LogP contribution in [-0.4, -0.2) is 4.92 Å². The Hall–Kier alpha value is -0.900. The average molecular weight is 230 g/mol. The van der Waals surface area contributed by atoms with Gasteiger partial charge in [0.25, 0.3) is 5.69 Å². The van der Waals surface area contributed by atoms with Crippen molar-refractivity contribution in [3.05, 3.63) is 37.8 Å². The third-order valence-corrected chi connectivity index (χ3v) is 2.48. The Balaban J connectivity index is 3.43. The van der Waals surface area contributed by atoms with E-state index in [0.29, 0.717) is 4.47 Å². The highest BCUT2D eigenvalue weighted by molar-refractivity contribution is 9.10. The van der Waals surface area contributed by atoms with Crippen molar-refractivity contribution < 1.29 is 4.92 Å². The first-order valence-electron chi connectivity index (χ1n) is 3.44. The van der Waals surface area contributed by atoms with Crippen molar-refractivity contribution in [3.63, 3.8) is 0 Å². The van der Waals surface area contributed by atoms with Gasteiger partial charge in [-0.15, -0.1) is 0 Å². The van der Waals surface area contributed by atoms with Gasteiger partial charge in [0.1, 0.15) is 0 Å². The van der Waals surface area contributed by atoms with E-state index in [9.17, 15) is 10.1 Å². The molecule has 0 fully saturated rings. The molecule has 0 aliphatic heterocycles. The molecule has 0 unspecified atom stereocenters. The lowest BCUT2D eigenvalue weighted by atomic mass is 10.1. The van der Waals surface area contributed by atoms with E-state index in [4.69, 9.17) is 0 Å². The summed E-state index contributed by atoms with van der Waals surface area (Å²) in [5.41, 5.74) is 1.81. The first-order chi connectivity index (χ1) is 5.54. The molecule has 4 heteroatoms. The summed E-state index contributed by atoms with van der Waals surface area (Å²) in [6, 6.07) is 3.55. The molecule has 12 heavy (non-hydrogen) atoms. The Morgan fingerprint density at radius 3 is 2.42 bits per heavy atom. The second-order valence-corrected chi connectivity index (χ2v) is 3.45. The van der Waals surface area contributed by atoms with Crippen LogP contribution in [0.15, 0.2) is 16.6 Å². The molecule has 0 aromatic heterocycles. The maximum Gasteiger partial charge on any atom is 0.286 e. The van der Waals surface area contributed by atoms with Crippen molar-refractivity contribution >= 4 is 21.6 Å². The lowest BCUT2D eigenvalue weighted by Crippen LogP contribution is -1.94. The number of benzene rings is 1. The van der Waals surface area contributed by atoms with Crippen LogP contribution < -0.4 is 0 Å². The van der Waals surface area contributed by atoms with Gasteiger partial charge in [-0.3, -0.25) is 10.1 Å². The predicted octanol–water partition coefficient (Wildman–Crippen LogP) is 2.97. The zero-order valence-electron chi connectivity index (χ0n) is 6.80. The fraction of sp³-hybridized carbons (Fsp3) is 0.250. The summed E-state index contributed by atoms with van der Waals surface area (Å²) in [7, 11) is 0. The fourth-order valence-corrected chi connectivity index (χ4v) is 1.57. The maximum absolute atomic E-state index is 10.6. The molecule has 0 saturated carbocycles. The van der Waals surface area contributed by atoms with Gasteiger partial charge in [0, 0.05) is 5.56 Å². The van der Waals surface area contributed by atoms with Crippen LogP contribution in [-0.2, 0) is 0 Å². The van der Waals surface area contributed by atoms with E-state index in [-0.39, 0.29) is 10.6 Å². The molecule has 0 N–H and O–H groups in total. The number of hydrogen-bond acceptors (Lipinski definition) is 2. The number of hydrogen-bond donors (Lipinski definition) is 0. The minimum absolute atomic E-state index is 0.162. The number of nitro groups is 1. The fourth-order valence-electron chi connectivity index (χ4n) is 0.992. The number of nitro benzene ring substituents is 1. The highest BCUT2D eigenvalue weighted by atomic mass is 79.9. The summed E-state index contributed by atoms with van der Waals surface area (Å²) >= 11 is 3.14. The molecule has 0 radical (unpaired) electrons. The number of aryl methyl sites for hydroxylation is 1. The second-order valence-electron chi connectivity index (χ2n) is 2.60. The maximum atomic E-state index is 10.6. The quantitative estimate of drug-likeness (QED) is 0.549. The summed E-state index contributed by atoms with van der Waals surface area (Å²) in [4.78, 5) is 10.2. The lowest BCUT2D eigenvalue weighted by Gasteiger charge is -2.01. The molecule has 0 atom stereocenters. The van der Waals surface area contributed by atoms with Crippen LogP contribution in [0.5, 0.6) is 0 Å². The molecule has 0 bridgehead atoms. The van der Waals surface area contributed by atoms with Crippen LogP contribution in [0.1, 0.15) is 11.1 Å². The number of halogens is 1. The first kappa shape index (κ1) is 9.19. The topological polar surface area (TPSA) is 43.1 Å². The molecule has 0 saturated heterocycles. The molecular formula is C8H8BrNO2. The molecule has 0 amide bonds. The van der Waals surface area contributed by atoms with Crippen molar-refractivity contribution in [2.45, 2.75) is 13.8 Å². The summed E-state index contributed by atoms with van der Waals surface area (Å²) < 4.78 is 0.538. The van der Waals surface area contributed by atoms with Gasteiger partial charge in [0.15, 0.2) is 0 Å². The Morgan fingerprint density at radius 2 is 2.00 bits per heavy atom. The molecule has 3 nitrogen and oxygen atoms in total. The third kappa shape index (κ3) is 1.48. The van der Waals surface area contributed by atoms with Gasteiger partial charge in [-0.2, -0.15) is 0 Å².